The van der Waals surface area contributed by atoms with Crippen LogP contribution < -0.4 is 5.73 Å². The van der Waals surface area contributed by atoms with Gasteiger partial charge in [0.1, 0.15) is 11.5 Å². The van der Waals surface area contributed by atoms with E-state index in [1.165, 1.54) is 6.39 Å². The molecule has 0 amide bonds. The quantitative estimate of drug-likeness (QED) is 0.795. The lowest BCUT2D eigenvalue weighted by Crippen LogP contribution is -2.02. The Morgan fingerprint density at radius 3 is 3.06 bits per heavy atom. The van der Waals surface area contributed by atoms with Gasteiger partial charge in [0, 0.05) is 6.20 Å². The molecule has 0 saturated carbocycles. The molecule has 0 atom stereocenters. The number of aromatic nitrogens is 4. The summed E-state index contributed by atoms with van der Waals surface area (Å²) < 4.78 is 6.88. The Morgan fingerprint density at radius 2 is 2.38 bits per heavy atom. The SMILES string of the molecule is Cc1ocnc1Cn1cc(CCCN)nn1. The summed E-state index contributed by atoms with van der Waals surface area (Å²) in [5, 5.41) is 8.09. The van der Waals surface area contributed by atoms with Crippen LogP contribution in [-0.2, 0) is 13.0 Å². The third kappa shape index (κ3) is 2.46. The maximum Gasteiger partial charge on any atom is 0.181 e. The fraction of sp³-hybridized carbons (Fsp3) is 0.500. The molecule has 0 aliphatic rings. The van der Waals surface area contributed by atoms with Crippen LogP contribution in [0.1, 0.15) is 23.6 Å². The van der Waals surface area contributed by atoms with Gasteiger partial charge < -0.3 is 10.2 Å². The second-order valence-electron chi connectivity index (χ2n) is 3.65. The normalized spacial score (nSPS) is 10.9. The minimum Gasteiger partial charge on any atom is -0.448 e. The van der Waals surface area contributed by atoms with E-state index >= 15 is 0 Å². The highest BCUT2D eigenvalue weighted by Crippen LogP contribution is 2.06. The van der Waals surface area contributed by atoms with Crippen molar-refractivity contribution in [3.8, 4) is 0 Å². The molecule has 2 aromatic heterocycles. The van der Waals surface area contributed by atoms with Crippen molar-refractivity contribution in [2.24, 2.45) is 5.73 Å². The third-order valence-corrected chi connectivity index (χ3v) is 2.38. The molecule has 0 aromatic carbocycles. The second kappa shape index (κ2) is 4.89. The van der Waals surface area contributed by atoms with Crippen molar-refractivity contribution < 1.29 is 4.42 Å². The number of hydrogen-bond donors (Lipinski definition) is 1. The summed E-state index contributed by atoms with van der Waals surface area (Å²) in [5.74, 6) is 0.819. The summed E-state index contributed by atoms with van der Waals surface area (Å²) in [4.78, 5) is 4.11. The number of rotatable bonds is 5. The van der Waals surface area contributed by atoms with E-state index in [4.69, 9.17) is 10.2 Å². The molecule has 16 heavy (non-hydrogen) atoms. The molecule has 6 nitrogen and oxygen atoms in total. The van der Waals surface area contributed by atoms with Crippen molar-refractivity contribution in [1.82, 2.24) is 20.0 Å². The number of nitrogens with two attached hydrogens (primary N) is 1. The maximum absolute atomic E-state index is 5.44. The smallest absolute Gasteiger partial charge is 0.181 e. The largest absolute Gasteiger partial charge is 0.448 e. The molecule has 2 aromatic rings. The van der Waals surface area contributed by atoms with Gasteiger partial charge in [0.2, 0.25) is 0 Å². The Kier molecular flexibility index (Phi) is 3.31. The first-order valence-electron chi connectivity index (χ1n) is 5.27. The standard InChI is InChI=1S/C10H15N5O/c1-8-10(12-7-16-8)6-15-5-9(13-14-15)3-2-4-11/h5,7H,2-4,6,11H2,1H3. The lowest BCUT2D eigenvalue weighted by Gasteiger charge is -1.96. The Labute approximate surface area is 93.5 Å². The molecule has 2 rings (SSSR count). The summed E-state index contributed by atoms with van der Waals surface area (Å²) in [6.07, 6.45) is 5.16. The van der Waals surface area contributed by atoms with Gasteiger partial charge in [0.05, 0.1) is 12.2 Å². The number of aryl methyl sites for hydroxylation is 2. The van der Waals surface area contributed by atoms with E-state index in [9.17, 15) is 0 Å². The summed E-state index contributed by atoms with van der Waals surface area (Å²) in [5.41, 5.74) is 7.28. The monoisotopic (exact) mass is 221 g/mol. The van der Waals surface area contributed by atoms with Gasteiger partial charge in [0.15, 0.2) is 6.39 Å². The number of hydrogen-bond acceptors (Lipinski definition) is 5. The fourth-order valence-corrected chi connectivity index (χ4v) is 1.45. The summed E-state index contributed by atoms with van der Waals surface area (Å²) >= 11 is 0. The summed E-state index contributed by atoms with van der Waals surface area (Å²) in [7, 11) is 0. The van der Waals surface area contributed by atoms with Crippen LogP contribution in [0.5, 0.6) is 0 Å². The van der Waals surface area contributed by atoms with E-state index in [1.807, 2.05) is 13.1 Å². The zero-order valence-corrected chi connectivity index (χ0v) is 9.26. The van der Waals surface area contributed by atoms with Crippen molar-refractivity contribution in [3.05, 3.63) is 29.7 Å². The molecule has 86 valence electrons. The van der Waals surface area contributed by atoms with Crippen LogP contribution in [0.4, 0.5) is 0 Å². The fourth-order valence-electron chi connectivity index (χ4n) is 1.45. The molecule has 0 unspecified atom stereocenters. The number of oxazole rings is 1. The van der Waals surface area contributed by atoms with E-state index in [-0.39, 0.29) is 0 Å². The Hall–Kier alpha value is -1.69. The van der Waals surface area contributed by atoms with Crippen LogP contribution in [0.15, 0.2) is 17.0 Å². The van der Waals surface area contributed by atoms with Crippen LogP contribution in [-0.4, -0.2) is 26.5 Å². The van der Waals surface area contributed by atoms with Crippen molar-refractivity contribution >= 4 is 0 Å². The molecule has 0 bridgehead atoms. The summed E-state index contributed by atoms with van der Waals surface area (Å²) in [6, 6.07) is 0. The Morgan fingerprint density at radius 1 is 1.50 bits per heavy atom. The average Bonchev–Trinajstić information content (AvgIpc) is 2.87. The highest BCUT2D eigenvalue weighted by atomic mass is 16.3. The Balaban J connectivity index is 2.00. The van der Waals surface area contributed by atoms with E-state index in [1.54, 1.807) is 4.68 Å². The zero-order valence-electron chi connectivity index (χ0n) is 9.26. The minimum absolute atomic E-state index is 0.595. The molecule has 0 saturated heterocycles. The topological polar surface area (TPSA) is 82.8 Å². The summed E-state index contributed by atoms with van der Waals surface area (Å²) in [6.45, 7) is 3.15. The molecule has 2 heterocycles. The van der Waals surface area contributed by atoms with Crippen LogP contribution in [0.25, 0.3) is 0 Å². The van der Waals surface area contributed by atoms with Gasteiger partial charge in [-0.15, -0.1) is 5.10 Å². The molecule has 0 aliphatic heterocycles. The van der Waals surface area contributed by atoms with Crippen LogP contribution in [0.2, 0.25) is 0 Å². The minimum atomic E-state index is 0.595. The molecule has 0 aliphatic carbocycles. The highest BCUT2D eigenvalue weighted by Gasteiger charge is 2.06. The van der Waals surface area contributed by atoms with Gasteiger partial charge in [-0.1, -0.05) is 5.21 Å². The lowest BCUT2D eigenvalue weighted by molar-refractivity contribution is 0.521. The van der Waals surface area contributed by atoms with Crippen LogP contribution in [0, 0.1) is 6.92 Å². The second-order valence-corrected chi connectivity index (χ2v) is 3.65. The molecule has 0 spiro atoms. The van der Waals surface area contributed by atoms with E-state index in [2.05, 4.69) is 15.3 Å². The van der Waals surface area contributed by atoms with Gasteiger partial charge in [0.25, 0.3) is 0 Å². The van der Waals surface area contributed by atoms with Gasteiger partial charge in [-0.25, -0.2) is 9.67 Å². The van der Waals surface area contributed by atoms with Crippen molar-refractivity contribution in [3.63, 3.8) is 0 Å². The van der Waals surface area contributed by atoms with Crippen molar-refractivity contribution in [2.75, 3.05) is 6.54 Å². The third-order valence-electron chi connectivity index (χ3n) is 2.38. The first kappa shape index (κ1) is 10.8. The number of nitrogens with zero attached hydrogens (tertiary/aromatic N) is 4. The highest BCUT2D eigenvalue weighted by molar-refractivity contribution is 5.05. The predicted octanol–water partition coefficient (Wildman–Crippen LogP) is 0.514. The van der Waals surface area contributed by atoms with E-state index in [0.717, 1.165) is 30.0 Å². The van der Waals surface area contributed by atoms with Gasteiger partial charge >= 0.3 is 0 Å². The molecule has 0 fully saturated rings. The lowest BCUT2D eigenvalue weighted by atomic mass is 10.2. The van der Waals surface area contributed by atoms with Crippen molar-refractivity contribution in [2.45, 2.75) is 26.3 Å². The van der Waals surface area contributed by atoms with E-state index in [0.29, 0.717) is 13.1 Å². The molecular weight excluding hydrogens is 206 g/mol. The van der Waals surface area contributed by atoms with Crippen molar-refractivity contribution in [1.29, 1.82) is 0 Å². The van der Waals surface area contributed by atoms with Crippen LogP contribution >= 0.6 is 0 Å². The zero-order chi connectivity index (χ0) is 11.4. The van der Waals surface area contributed by atoms with Crippen LogP contribution in [0.3, 0.4) is 0 Å². The molecule has 0 radical (unpaired) electrons. The first-order valence-corrected chi connectivity index (χ1v) is 5.27. The van der Waals surface area contributed by atoms with Gasteiger partial charge in [-0.3, -0.25) is 0 Å². The first-order chi connectivity index (χ1) is 7.79. The van der Waals surface area contributed by atoms with E-state index < -0.39 is 0 Å². The molecule has 2 N–H and O–H groups in total. The van der Waals surface area contributed by atoms with Gasteiger partial charge in [-0.2, -0.15) is 0 Å². The molecule has 6 heteroatoms. The maximum atomic E-state index is 5.44. The molecular formula is C10H15N5O. The average molecular weight is 221 g/mol. The van der Waals surface area contributed by atoms with Gasteiger partial charge in [-0.05, 0) is 26.3 Å². The Bertz CT molecular complexity index is 448. The predicted molar refractivity (Wildman–Crippen MR) is 57.7 cm³/mol.